The summed E-state index contributed by atoms with van der Waals surface area (Å²) in [5.41, 5.74) is 0.287. The van der Waals surface area contributed by atoms with Gasteiger partial charge in [-0.3, -0.25) is 5.10 Å². The summed E-state index contributed by atoms with van der Waals surface area (Å²) >= 11 is 0. The highest BCUT2D eigenvalue weighted by atomic mass is 32.2. The van der Waals surface area contributed by atoms with Gasteiger partial charge in [0, 0.05) is 11.6 Å². The largest absolute Gasteiger partial charge is 0.392 e. The average Bonchev–Trinajstić information content (AvgIpc) is 2.95. The lowest BCUT2D eigenvalue weighted by Gasteiger charge is -2.12. The molecule has 16 heavy (non-hydrogen) atoms. The van der Waals surface area contributed by atoms with Gasteiger partial charge in [0.05, 0.1) is 12.8 Å². The number of nitrogens with one attached hydrogen (secondary N) is 2. The molecule has 0 spiro atoms. The molecule has 0 bridgehead atoms. The van der Waals surface area contributed by atoms with E-state index >= 15 is 0 Å². The smallest absolute Gasteiger partial charge is 0.258 e. The number of sulfonamides is 1. The van der Waals surface area contributed by atoms with Gasteiger partial charge in [-0.1, -0.05) is 0 Å². The quantitative estimate of drug-likeness (QED) is 0.679. The van der Waals surface area contributed by atoms with Crippen LogP contribution < -0.4 is 4.72 Å². The van der Waals surface area contributed by atoms with Gasteiger partial charge in [0.2, 0.25) is 0 Å². The molecule has 0 amide bonds. The highest BCUT2D eigenvalue weighted by molar-refractivity contribution is 7.89. The molecule has 90 valence electrons. The van der Waals surface area contributed by atoms with Crippen molar-refractivity contribution in [3.63, 3.8) is 0 Å². The molecule has 0 aromatic carbocycles. The summed E-state index contributed by atoms with van der Waals surface area (Å²) in [6.45, 7) is 1.51. The Morgan fingerprint density at radius 2 is 2.38 bits per heavy atom. The van der Waals surface area contributed by atoms with Crippen LogP contribution in [0, 0.1) is 5.92 Å². The fourth-order valence-electron chi connectivity index (χ4n) is 1.64. The van der Waals surface area contributed by atoms with Crippen molar-refractivity contribution in [2.75, 3.05) is 0 Å². The fourth-order valence-corrected chi connectivity index (χ4v) is 3.08. The van der Waals surface area contributed by atoms with Gasteiger partial charge >= 0.3 is 0 Å². The van der Waals surface area contributed by atoms with E-state index in [1.54, 1.807) is 0 Å². The van der Waals surface area contributed by atoms with E-state index in [0.29, 0.717) is 5.92 Å². The van der Waals surface area contributed by atoms with Gasteiger partial charge in [0.25, 0.3) is 10.0 Å². The standard InChI is InChI=1S/C9H15N3O3S/c1-6(7-2-3-7)12-16(14,15)9-8(5-13)4-10-11-9/h4,6-7,12-13H,2-3,5H2,1H3,(H,10,11). The van der Waals surface area contributed by atoms with Crippen LogP contribution in [0.4, 0.5) is 0 Å². The van der Waals surface area contributed by atoms with Crippen molar-refractivity contribution in [2.45, 2.75) is 37.4 Å². The van der Waals surface area contributed by atoms with Crippen LogP contribution in [-0.2, 0) is 16.6 Å². The number of aromatic nitrogens is 2. The SMILES string of the molecule is CC(NS(=O)(=O)c1[nH]ncc1CO)C1CC1. The second kappa shape index (κ2) is 4.15. The number of nitrogens with zero attached hydrogens (tertiary/aromatic N) is 1. The molecule has 1 saturated carbocycles. The molecule has 0 aliphatic heterocycles. The minimum absolute atomic E-state index is 0.0394. The summed E-state index contributed by atoms with van der Waals surface area (Å²) in [5, 5.41) is 15.0. The van der Waals surface area contributed by atoms with Crippen molar-refractivity contribution < 1.29 is 13.5 Å². The molecule has 1 atom stereocenters. The van der Waals surface area contributed by atoms with Crippen LogP contribution in [0.1, 0.15) is 25.3 Å². The van der Waals surface area contributed by atoms with Gasteiger partial charge in [-0.05, 0) is 25.7 Å². The molecule has 1 aliphatic rings. The first-order valence-electron chi connectivity index (χ1n) is 5.20. The van der Waals surface area contributed by atoms with Crippen LogP contribution in [0.2, 0.25) is 0 Å². The first-order valence-corrected chi connectivity index (χ1v) is 6.68. The fraction of sp³-hybridized carbons (Fsp3) is 0.667. The van der Waals surface area contributed by atoms with E-state index in [1.165, 1.54) is 6.20 Å². The number of rotatable bonds is 5. The predicted molar refractivity (Wildman–Crippen MR) is 57.0 cm³/mol. The predicted octanol–water partition coefficient (Wildman–Crippen LogP) is -0.0212. The number of hydrogen-bond acceptors (Lipinski definition) is 4. The third-order valence-corrected chi connectivity index (χ3v) is 4.36. The topological polar surface area (TPSA) is 95.1 Å². The zero-order valence-electron chi connectivity index (χ0n) is 8.97. The lowest BCUT2D eigenvalue weighted by atomic mass is 10.2. The Morgan fingerprint density at radius 1 is 1.69 bits per heavy atom. The number of aliphatic hydroxyl groups is 1. The van der Waals surface area contributed by atoms with Crippen LogP contribution in [0.3, 0.4) is 0 Å². The molecule has 0 saturated heterocycles. The average molecular weight is 245 g/mol. The van der Waals surface area contributed by atoms with Gasteiger partial charge < -0.3 is 5.11 Å². The van der Waals surface area contributed by atoms with E-state index in [1.807, 2.05) is 6.92 Å². The monoisotopic (exact) mass is 245 g/mol. The van der Waals surface area contributed by atoms with Crippen LogP contribution in [0.5, 0.6) is 0 Å². The molecule has 3 N–H and O–H groups in total. The molecule has 1 aromatic heterocycles. The van der Waals surface area contributed by atoms with Gasteiger partial charge in [0.1, 0.15) is 0 Å². The first-order chi connectivity index (χ1) is 7.54. The van der Waals surface area contributed by atoms with E-state index in [-0.39, 0.29) is 23.2 Å². The third-order valence-electron chi connectivity index (χ3n) is 2.79. The summed E-state index contributed by atoms with van der Waals surface area (Å²) in [5.74, 6) is 0.440. The molecule has 1 aromatic rings. The van der Waals surface area contributed by atoms with Gasteiger partial charge in [-0.2, -0.15) is 5.10 Å². The van der Waals surface area contributed by atoms with E-state index in [2.05, 4.69) is 14.9 Å². The Bertz CT molecular complexity index is 464. The van der Waals surface area contributed by atoms with Crippen molar-refractivity contribution in [1.29, 1.82) is 0 Å². The summed E-state index contributed by atoms with van der Waals surface area (Å²) in [4.78, 5) is 0. The number of hydrogen-bond donors (Lipinski definition) is 3. The summed E-state index contributed by atoms with van der Waals surface area (Å²) in [6.07, 6.45) is 3.45. The van der Waals surface area contributed by atoms with Gasteiger partial charge in [0.15, 0.2) is 5.03 Å². The Kier molecular flexibility index (Phi) is 3.00. The molecule has 7 heteroatoms. The zero-order valence-corrected chi connectivity index (χ0v) is 9.79. The van der Waals surface area contributed by atoms with E-state index in [9.17, 15) is 8.42 Å². The van der Waals surface area contributed by atoms with Gasteiger partial charge in [-0.25, -0.2) is 13.1 Å². The van der Waals surface area contributed by atoms with Crippen molar-refractivity contribution in [1.82, 2.24) is 14.9 Å². The highest BCUT2D eigenvalue weighted by Crippen LogP contribution is 2.33. The van der Waals surface area contributed by atoms with Crippen LogP contribution in [0.25, 0.3) is 0 Å². The zero-order chi connectivity index (χ0) is 11.8. The Labute approximate surface area is 94.1 Å². The highest BCUT2D eigenvalue weighted by Gasteiger charge is 2.32. The second-order valence-corrected chi connectivity index (χ2v) is 5.78. The second-order valence-electron chi connectivity index (χ2n) is 4.13. The normalized spacial score (nSPS) is 18.6. The van der Waals surface area contributed by atoms with E-state index in [4.69, 9.17) is 5.11 Å². The summed E-state index contributed by atoms with van der Waals surface area (Å²) < 4.78 is 26.4. The maximum Gasteiger partial charge on any atom is 0.258 e. The first kappa shape index (κ1) is 11.6. The van der Waals surface area contributed by atoms with Crippen molar-refractivity contribution in [2.24, 2.45) is 5.92 Å². The van der Waals surface area contributed by atoms with Gasteiger partial charge in [-0.15, -0.1) is 0 Å². The minimum Gasteiger partial charge on any atom is -0.392 e. The van der Waals surface area contributed by atoms with Crippen LogP contribution >= 0.6 is 0 Å². The number of aliphatic hydroxyl groups excluding tert-OH is 1. The van der Waals surface area contributed by atoms with Crippen LogP contribution in [0.15, 0.2) is 11.2 Å². The summed E-state index contributed by atoms with van der Waals surface area (Å²) in [7, 11) is -3.59. The molecule has 1 fully saturated rings. The Morgan fingerprint density at radius 3 is 2.94 bits per heavy atom. The van der Waals surface area contributed by atoms with Crippen LogP contribution in [-0.4, -0.2) is 29.8 Å². The molecule has 2 rings (SSSR count). The molecular formula is C9H15N3O3S. The molecule has 1 aliphatic carbocycles. The maximum atomic E-state index is 11.9. The maximum absolute atomic E-state index is 11.9. The van der Waals surface area contributed by atoms with E-state index in [0.717, 1.165) is 12.8 Å². The molecule has 1 unspecified atom stereocenters. The van der Waals surface area contributed by atoms with Crippen molar-refractivity contribution >= 4 is 10.0 Å². The summed E-state index contributed by atoms with van der Waals surface area (Å²) in [6, 6.07) is -0.0696. The Balaban J connectivity index is 2.17. The van der Waals surface area contributed by atoms with E-state index < -0.39 is 10.0 Å². The third kappa shape index (κ3) is 2.26. The number of aromatic amines is 1. The minimum atomic E-state index is -3.59. The Hall–Kier alpha value is -0.920. The van der Waals surface area contributed by atoms with Crippen molar-refractivity contribution in [3.8, 4) is 0 Å². The molecule has 6 nitrogen and oxygen atoms in total. The molecular weight excluding hydrogens is 230 g/mol. The molecule has 1 heterocycles. The number of H-pyrrole nitrogens is 1. The molecule has 0 radical (unpaired) electrons. The lowest BCUT2D eigenvalue weighted by Crippen LogP contribution is -2.34. The lowest BCUT2D eigenvalue weighted by molar-refractivity contribution is 0.278. The van der Waals surface area contributed by atoms with Crippen molar-refractivity contribution in [3.05, 3.63) is 11.8 Å².